The topological polar surface area (TPSA) is 128 Å². The number of hydrogen-bond donors (Lipinski definition) is 5. The lowest BCUT2D eigenvalue weighted by molar-refractivity contribution is -0.118. The first-order valence-corrected chi connectivity index (χ1v) is 10.3. The number of imidazole rings is 1. The molecule has 2 atom stereocenters. The standard InChI is InChI=1S/C22H25N5O4/c28-19(21-26-17-5-1-2-6-18(17)27-21)12-20(29)24-14-7-9-15(10-8-14)25-22(30)23-13-16-4-3-11-31-16/h1-2,5-10,16,19,28H,3-4,11-13H2,(H,24,29)(H,26,27)(H2,23,25,30). The summed E-state index contributed by atoms with van der Waals surface area (Å²) < 4.78 is 5.47. The molecular weight excluding hydrogens is 398 g/mol. The number of rotatable bonds is 7. The van der Waals surface area contributed by atoms with Gasteiger partial charge in [-0.05, 0) is 49.2 Å². The molecule has 1 aromatic heterocycles. The molecule has 31 heavy (non-hydrogen) atoms. The van der Waals surface area contributed by atoms with Crippen molar-refractivity contribution in [1.82, 2.24) is 15.3 Å². The number of aromatic nitrogens is 2. The minimum Gasteiger partial charge on any atom is -0.385 e. The number of amides is 3. The fourth-order valence-electron chi connectivity index (χ4n) is 3.44. The van der Waals surface area contributed by atoms with Gasteiger partial charge in [-0.3, -0.25) is 4.79 Å². The number of aliphatic hydroxyl groups excluding tert-OH is 1. The summed E-state index contributed by atoms with van der Waals surface area (Å²) in [7, 11) is 0. The van der Waals surface area contributed by atoms with Gasteiger partial charge in [-0.2, -0.15) is 0 Å². The molecule has 5 N–H and O–H groups in total. The number of carbonyl (C=O) groups is 2. The van der Waals surface area contributed by atoms with Crippen LogP contribution in [0.2, 0.25) is 0 Å². The molecule has 0 aliphatic carbocycles. The van der Waals surface area contributed by atoms with Crippen molar-refractivity contribution in [3.05, 3.63) is 54.4 Å². The van der Waals surface area contributed by atoms with Gasteiger partial charge in [0.05, 0.1) is 23.6 Å². The minimum absolute atomic E-state index is 0.0817. The minimum atomic E-state index is -1.04. The molecule has 3 aromatic rings. The van der Waals surface area contributed by atoms with Gasteiger partial charge < -0.3 is 30.8 Å². The molecular formula is C22H25N5O4. The maximum Gasteiger partial charge on any atom is 0.319 e. The van der Waals surface area contributed by atoms with E-state index in [1.807, 2.05) is 24.3 Å². The van der Waals surface area contributed by atoms with Crippen LogP contribution in [0.1, 0.15) is 31.2 Å². The Hall–Kier alpha value is -3.43. The highest BCUT2D eigenvalue weighted by molar-refractivity contribution is 5.92. The van der Waals surface area contributed by atoms with E-state index in [0.717, 1.165) is 30.5 Å². The molecule has 1 saturated heterocycles. The summed E-state index contributed by atoms with van der Waals surface area (Å²) in [5.74, 6) is 0.00730. The number of aliphatic hydroxyl groups is 1. The monoisotopic (exact) mass is 423 g/mol. The Morgan fingerprint density at radius 1 is 1.13 bits per heavy atom. The summed E-state index contributed by atoms with van der Waals surface area (Å²) in [6, 6.07) is 13.9. The molecule has 0 saturated carbocycles. The van der Waals surface area contributed by atoms with Gasteiger partial charge >= 0.3 is 6.03 Å². The third-order valence-electron chi connectivity index (χ3n) is 5.04. The second-order valence-electron chi connectivity index (χ2n) is 7.45. The van der Waals surface area contributed by atoms with Gasteiger partial charge in [-0.1, -0.05) is 12.1 Å². The Kier molecular flexibility index (Phi) is 6.44. The molecule has 1 aliphatic rings. The van der Waals surface area contributed by atoms with Gasteiger partial charge in [-0.15, -0.1) is 0 Å². The fraction of sp³-hybridized carbons (Fsp3) is 0.318. The molecule has 9 heteroatoms. The molecule has 2 unspecified atom stereocenters. The van der Waals surface area contributed by atoms with E-state index in [2.05, 4.69) is 25.9 Å². The lowest BCUT2D eigenvalue weighted by atomic mass is 10.2. The van der Waals surface area contributed by atoms with Crippen LogP contribution in [0.25, 0.3) is 11.0 Å². The molecule has 1 aliphatic heterocycles. The van der Waals surface area contributed by atoms with Crippen LogP contribution in [0.5, 0.6) is 0 Å². The molecule has 0 bridgehead atoms. The van der Waals surface area contributed by atoms with Crippen LogP contribution in [0.4, 0.5) is 16.2 Å². The number of para-hydroxylation sites is 2. The number of urea groups is 1. The van der Waals surface area contributed by atoms with Crippen molar-refractivity contribution in [3.8, 4) is 0 Å². The van der Waals surface area contributed by atoms with E-state index in [1.165, 1.54) is 0 Å². The van der Waals surface area contributed by atoms with Crippen LogP contribution < -0.4 is 16.0 Å². The smallest absolute Gasteiger partial charge is 0.319 e. The maximum atomic E-state index is 12.3. The third-order valence-corrected chi connectivity index (χ3v) is 5.04. The van der Waals surface area contributed by atoms with Gasteiger partial charge in [0.2, 0.25) is 5.91 Å². The van der Waals surface area contributed by atoms with Gasteiger partial charge in [0.25, 0.3) is 0 Å². The number of fused-ring (bicyclic) bond motifs is 1. The number of nitrogens with one attached hydrogen (secondary N) is 4. The quantitative estimate of drug-likeness (QED) is 0.399. The Labute approximate surface area is 179 Å². The normalized spacial score (nSPS) is 16.7. The van der Waals surface area contributed by atoms with Gasteiger partial charge in [0.1, 0.15) is 11.9 Å². The highest BCUT2D eigenvalue weighted by Crippen LogP contribution is 2.20. The van der Waals surface area contributed by atoms with Crippen molar-refractivity contribution in [2.75, 3.05) is 23.8 Å². The van der Waals surface area contributed by atoms with E-state index >= 15 is 0 Å². The summed E-state index contributed by atoms with van der Waals surface area (Å²) in [6.45, 7) is 1.23. The molecule has 4 rings (SSSR count). The highest BCUT2D eigenvalue weighted by Gasteiger charge is 2.18. The lowest BCUT2D eigenvalue weighted by Gasteiger charge is -2.12. The van der Waals surface area contributed by atoms with E-state index < -0.39 is 6.10 Å². The molecule has 162 valence electrons. The third kappa shape index (κ3) is 5.59. The van der Waals surface area contributed by atoms with Crippen LogP contribution in [0.3, 0.4) is 0 Å². The molecule has 2 heterocycles. The van der Waals surface area contributed by atoms with Crippen molar-refractivity contribution in [2.45, 2.75) is 31.5 Å². The predicted molar refractivity (Wildman–Crippen MR) is 117 cm³/mol. The summed E-state index contributed by atoms with van der Waals surface area (Å²) in [5.41, 5.74) is 2.71. The number of H-pyrrole nitrogens is 1. The Balaban J connectivity index is 1.25. The number of aromatic amines is 1. The molecule has 2 aromatic carbocycles. The first kappa shape index (κ1) is 20.8. The van der Waals surface area contributed by atoms with Crippen molar-refractivity contribution in [3.63, 3.8) is 0 Å². The number of benzene rings is 2. The highest BCUT2D eigenvalue weighted by atomic mass is 16.5. The van der Waals surface area contributed by atoms with Gasteiger partial charge in [0, 0.05) is 24.5 Å². The number of hydrogen-bond acceptors (Lipinski definition) is 5. The Morgan fingerprint density at radius 3 is 2.58 bits per heavy atom. The number of anilines is 2. The summed E-state index contributed by atoms with van der Waals surface area (Å²) in [4.78, 5) is 31.6. The van der Waals surface area contributed by atoms with Crippen LogP contribution in [-0.4, -0.2) is 46.3 Å². The fourth-order valence-corrected chi connectivity index (χ4v) is 3.44. The van der Waals surface area contributed by atoms with Crippen molar-refractivity contribution in [1.29, 1.82) is 0 Å². The Morgan fingerprint density at radius 2 is 1.87 bits per heavy atom. The maximum absolute atomic E-state index is 12.3. The second-order valence-corrected chi connectivity index (χ2v) is 7.45. The van der Waals surface area contributed by atoms with Crippen LogP contribution in [-0.2, 0) is 9.53 Å². The van der Waals surface area contributed by atoms with Crippen LogP contribution in [0, 0.1) is 0 Å². The van der Waals surface area contributed by atoms with E-state index in [9.17, 15) is 14.7 Å². The van der Waals surface area contributed by atoms with Gasteiger partial charge in [-0.25, -0.2) is 9.78 Å². The first-order chi connectivity index (χ1) is 15.1. The second kappa shape index (κ2) is 9.59. The van der Waals surface area contributed by atoms with E-state index in [4.69, 9.17) is 4.74 Å². The van der Waals surface area contributed by atoms with Crippen molar-refractivity contribution >= 4 is 34.3 Å². The molecule has 1 fully saturated rings. The van der Waals surface area contributed by atoms with E-state index in [1.54, 1.807) is 24.3 Å². The largest absolute Gasteiger partial charge is 0.385 e. The number of nitrogens with zero attached hydrogens (tertiary/aromatic N) is 1. The first-order valence-electron chi connectivity index (χ1n) is 10.3. The SMILES string of the molecule is O=C(CC(O)c1nc2ccccc2[nH]1)Nc1ccc(NC(=O)NCC2CCCO2)cc1. The number of ether oxygens (including phenoxy) is 1. The average Bonchev–Trinajstić information content (AvgIpc) is 3.43. The van der Waals surface area contributed by atoms with E-state index in [-0.39, 0.29) is 24.5 Å². The Bertz CT molecular complexity index is 1010. The zero-order chi connectivity index (χ0) is 21.6. The predicted octanol–water partition coefficient (Wildman–Crippen LogP) is 2.93. The zero-order valence-corrected chi connectivity index (χ0v) is 16.9. The van der Waals surface area contributed by atoms with Crippen molar-refractivity contribution in [2.24, 2.45) is 0 Å². The van der Waals surface area contributed by atoms with Crippen LogP contribution in [0.15, 0.2) is 48.5 Å². The number of carbonyl (C=O) groups excluding carboxylic acids is 2. The molecule has 9 nitrogen and oxygen atoms in total. The molecule has 0 radical (unpaired) electrons. The lowest BCUT2D eigenvalue weighted by Crippen LogP contribution is -2.35. The van der Waals surface area contributed by atoms with Gasteiger partial charge in [0.15, 0.2) is 0 Å². The molecule has 0 spiro atoms. The average molecular weight is 423 g/mol. The van der Waals surface area contributed by atoms with Crippen LogP contribution >= 0.6 is 0 Å². The summed E-state index contributed by atoms with van der Waals surface area (Å²) in [5, 5.41) is 18.6. The van der Waals surface area contributed by atoms with E-state index in [0.29, 0.717) is 23.7 Å². The summed E-state index contributed by atoms with van der Waals surface area (Å²) >= 11 is 0. The zero-order valence-electron chi connectivity index (χ0n) is 16.9. The molecule has 3 amide bonds. The van der Waals surface area contributed by atoms with Crippen molar-refractivity contribution < 1.29 is 19.4 Å². The summed E-state index contributed by atoms with van der Waals surface area (Å²) in [6.07, 6.45) is 0.890.